The molecule has 0 spiro atoms. The van der Waals surface area contributed by atoms with E-state index < -0.39 is 11.2 Å². The van der Waals surface area contributed by atoms with Crippen molar-refractivity contribution in [1.82, 2.24) is 15.1 Å². The van der Waals surface area contributed by atoms with E-state index in [-0.39, 0.29) is 29.9 Å². The molecule has 0 aromatic heterocycles. The average molecular weight is 412 g/mol. The Hall–Kier alpha value is -1.99. The van der Waals surface area contributed by atoms with Crippen molar-refractivity contribution in [2.45, 2.75) is 72.0 Å². The summed E-state index contributed by atoms with van der Waals surface area (Å²) in [7, 11) is 0. The molecule has 2 fully saturated rings. The van der Waals surface area contributed by atoms with E-state index in [2.05, 4.69) is 5.32 Å². The van der Waals surface area contributed by atoms with Gasteiger partial charge in [-0.2, -0.15) is 0 Å². The van der Waals surface area contributed by atoms with Crippen molar-refractivity contribution in [3.63, 3.8) is 0 Å². The molecule has 8 heteroatoms. The topological polar surface area (TPSA) is 88.2 Å². The van der Waals surface area contributed by atoms with Gasteiger partial charge in [-0.3, -0.25) is 4.79 Å². The number of ether oxygens (including phenoxy) is 2. The molecule has 0 aromatic rings. The molecule has 2 aliphatic heterocycles. The summed E-state index contributed by atoms with van der Waals surface area (Å²) in [6, 6.07) is 0. The maximum absolute atomic E-state index is 12.5. The molecule has 1 N–H and O–H groups in total. The molecule has 0 aliphatic carbocycles. The number of piperidine rings is 1. The van der Waals surface area contributed by atoms with Crippen molar-refractivity contribution in [3.8, 4) is 0 Å². The van der Waals surface area contributed by atoms with Crippen LogP contribution in [0.2, 0.25) is 0 Å². The van der Waals surface area contributed by atoms with Gasteiger partial charge in [0.05, 0.1) is 0 Å². The Bertz CT molecular complexity index is 600. The monoisotopic (exact) mass is 411 g/mol. The number of carbonyl (C=O) groups excluding carboxylic acids is 3. The van der Waals surface area contributed by atoms with Gasteiger partial charge in [0, 0.05) is 38.6 Å². The van der Waals surface area contributed by atoms with Gasteiger partial charge in [0.15, 0.2) is 0 Å². The van der Waals surface area contributed by atoms with E-state index >= 15 is 0 Å². The second-order valence-corrected chi connectivity index (χ2v) is 10.1. The van der Waals surface area contributed by atoms with Crippen LogP contribution in [0.1, 0.15) is 60.8 Å². The third kappa shape index (κ3) is 7.74. The first-order valence-corrected chi connectivity index (χ1v) is 10.6. The Kier molecular flexibility index (Phi) is 7.40. The second-order valence-electron chi connectivity index (χ2n) is 10.1. The normalized spacial score (nSPS) is 21.1. The summed E-state index contributed by atoms with van der Waals surface area (Å²) in [5.41, 5.74) is -1.02. The number of hydrogen-bond donors (Lipinski definition) is 1. The number of likely N-dealkylation sites (tertiary alicyclic amines) is 2. The van der Waals surface area contributed by atoms with Crippen LogP contribution in [0.5, 0.6) is 0 Å². The molecule has 8 nitrogen and oxygen atoms in total. The average Bonchev–Trinajstić information content (AvgIpc) is 3.06. The lowest BCUT2D eigenvalue weighted by atomic mass is 9.96. The lowest BCUT2D eigenvalue weighted by Gasteiger charge is -2.33. The highest BCUT2D eigenvalue weighted by Crippen LogP contribution is 2.22. The molecule has 2 rings (SSSR count). The third-order valence-electron chi connectivity index (χ3n) is 5.02. The van der Waals surface area contributed by atoms with Gasteiger partial charge < -0.3 is 24.6 Å². The van der Waals surface area contributed by atoms with Crippen LogP contribution < -0.4 is 5.32 Å². The number of carbonyl (C=O) groups is 3. The molecule has 0 bridgehead atoms. The van der Waals surface area contributed by atoms with Gasteiger partial charge in [-0.15, -0.1) is 0 Å². The lowest BCUT2D eigenvalue weighted by Crippen LogP contribution is -2.45. The van der Waals surface area contributed by atoms with Gasteiger partial charge in [0.25, 0.3) is 0 Å². The van der Waals surface area contributed by atoms with Gasteiger partial charge in [0.2, 0.25) is 5.91 Å². The van der Waals surface area contributed by atoms with Crippen LogP contribution in [0.25, 0.3) is 0 Å². The summed E-state index contributed by atoms with van der Waals surface area (Å²) in [5.74, 6) is 0.190. The predicted molar refractivity (Wildman–Crippen MR) is 109 cm³/mol. The summed E-state index contributed by atoms with van der Waals surface area (Å²) in [6.45, 7) is 14.0. The van der Waals surface area contributed by atoms with E-state index in [0.29, 0.717) is 45.6 Å². The van der Waals surface area contributed by atoms with Crippen molar-refractivity contribution in [2.75, 3.05) is 32.7 Å². The van der Waals surface area contributed by atoms with Crippen molar-refractivity contribution >= 4 is 18.1 Å². The van der Waals surface area contributed by atoms with Gasteiger partial charge in [-0.05, 0) is 66.7 Å². The molecule has 2 heterocycles. The Morgan fingerprint density at radius 2 is 1.31 bits per heavy atom. The summed E-state index contributed by atoms with van der Waals surface area (Å²) in [5, 5.41) is 3.03. The van der Waals surface area contributed by atoms with Gasteiger partial charge >= 0.3 is 12.2 Å². The number of nitrogens with zero attached hydrogens (tertiary/aromatic N) is 2. The van der Waals surface area contributed by atoms with E-state index in [0.717, 1.165) is 6.42 Å². The highest BCUT2D eigenvalue weighted by Gasteiger charge is 2.32. The largest absolute Gasteiger partial charge is 0.444 e. The summed E-state index contributed by atoms with van der Waals surface area (Å²) >= 11 is 0. The van der Waals surface area contributed by atoms with Crippen LogP contribution in [0.3, 0.4) is 0 Å². The molecule has 29 heavy (non-hydrogen) atoms. The molecule has 1 atom stereocenters. The first-order valence-electron chi connectivity index (χ1n) is 10.6. The highest BCUT2D eigenvalue weighted by atomic mass is 16.6. The molecular formula is C21H37N3O5. The fourth-order valence-electron chi connectivity index (χ4n) is 3.53. The number of amides is 3. The zero-order valence-electron chi connectivity index (χ0n) is 18.7. The Labute approximate surface area is 174 Å². The maximum atomic E-state index is 12.5. The summed E-state index contributed by atoms with van der Waals surface area (Å²) in [6.07, 6.45) is 1.53. The van der Waals surface area contributed by atoms with Crippen LogP contribution in [-0.4, -0.2) is 71.8 Å². The van der Waals surface area contributed by atoms with Crippen LogP contribution in [0.15, 0.2) is 0 Å². The Morgan fingerprint density at radius 1 is 0.828 bits per heavy atom. The quantitative estimate of drug-likeness (QED) is 0.771. The summed E-state index contributed by atoms with van der Waals surface area (Å²) < 4.78 is 10.8. The van der Waals surface area contributed by atoms with Gasteiger partial charge in [-0.25, -0.2) is 9.59 Å². The minimum atomic E-state index is -0.514. The standard InChI is InChI=1S/C21H37N3O5/c1-20(2,3)28-18(26)23-11-8-16(9-12-23)17(25)22-13-15-7-10-24(14-15)19(27)29-21(4,5)6/h15-16H,7-14H2,1-6H3,(H,22,25)/t15-/m1/s1. The fraction of sp³-hybridized carbons (Fsp3) is 0.857. The second kappa shape index (κ2) is 9.22. The number of rotatable bonds is 3. The zero-order valence-corrected chi connectivity index (χ0v) is 18.7. The number of hydrogen-bond acceptors (Lipinski definition) is 5. The van der Waals surface area contributed by atoms with E-state index in [9.17, 15) is 14.4 Å². The Balaban J connectivity index is 1.69. The molecule has 0 saturated carbocycles. The minimum absolute atomic E-state index is 0.0320. The smallest absolute Gasteiger partial charge is 0.410 e. The van der Waals surface area contributed by atoms with Crippen molar-refractivity contribution < 1.29 is 23.9 Å². The maximum Gasteiger partial charge on any atom is 0.410 e. The predicted octanol–water partition coefficient (Wildman–Crippen LogP) is 3.01. The molecule has 0 radical (unpaired) electrons. The van der Waals surface area contributed by atoms with Gasteiger partial charge in [-0.1, -0.05) is 0 Å². The highest BCUT2D eigenvalue weighted by molar-refractivity contribution is 5.79. The third-order valence-corrected chi connectivity index (χ3v) is 5.02. The molecule has 2 saturated heterocycles. The van der Waals surface area contributed by atoms with Crippen LogP contribution in [0, 0.1) is 11.8 Å². The lowest BCUT2D eigenvalue weighted by molar-refractivity contribution is -0.126. The molecule has 3 amide bonds. The van der Waals surface area contributed by atoms with E-state index in [1.54, 1.807) is 9.80 Å². The summed E-state index contributed by atoms with van der Waals surface area (Å²) in [4.78, 5) is 40.2. The number of nitrogens with one attached hydrogen (secondary N) is 1. The van der Waals surface area contributed by atoms with E-state index in [4.69, 9.17) is 9.47 Å². The first kappa shape index (κ1) is 23.3. The van der Waals surface area contributed by atoms with Crippen molar-refractivity contribution in [3.05, 3.63) is 0 Å². The Morgan fingerprint density at radius 3 is 1.83 bits per heavy atom. The molecule has 0 aromatic carbocycles. The molecule has 166 valence electrons. The minimum Gasteiger partial charge on any atom is -0.444 e. The van der Waals surface area contributed by atoms with E-state index in [1.165, 1.54) is 0 Å². The van der Waals surface area contributed by atoms with Crippen molar-refractivity contribution in [2.24, 2.45) is 11.8 Å². The fourth-order valence-corrected chi connectivity index (χ4v) is 3.53. The van der Waals surface area contributed by atoms with Crippen LogP contribution >= 0.6 is 0 Å². The zero-order chi connectivity index (χ0) is 21.8. The first-order chi connectivity index (χ1) is 13.3. The van der Waals surface area contributed by atoms with Gasteiger partial charge in [0.1, 0.15) is 11.2 Å². The molecule has 0 unspecified atom stereocenters. The van der Waals surface area contributed by atoms with Crippen molar-refractivity contribution in [1.29, 1.82) is 0 Å². The van der Waals surface area contributed by atoms with Crippen LogP contribution in [0.4, 0.5) is 9.59 Å². The van der Waals surface area contributed by atoms with E-state index in [1.807, 2.05) is 41.5 Å². The SMILES string of the molecule is CC(C)(C)OC(=O)N1CCC(C(=O)NC[C@H]2CCN(C(=O)OC(C)(C)C)C2)CC1. The molecule has 2 aliphatic rings. The van der Waals surface area contributed by atoms with Crippen LogP contribution in [-0.2, 0) is 14.3 Å². The molecular weight excluding hydrogens is 374 g/mol.